The van der Waals surface area contributed by atoms with Gasteiger partial charge in [0.25, 0.3) is 5.56 Å². The number of aromatic nitrogens is 2. The molecule has 4 nitrogen and oxygen atoms in total. The molecule has 1 fully saturated rings. The van der Waals surface area contributed by atoms with E-state index in [1.165, 1.54) is 0 Å². The molecule has 5 heteroatoms. The van der Waals surface area contributed by atoms with E-state index in [-0.39, 0.29) is 5.56 Å². The molecule has 1 aromatic heterocycles. The lowest BCUT2D eigenvalue weighted by atomic mass is 10.1. The predicted octanol–water partition coefficient (Wildman–Crippen LogP) is 0.457. The van der Waals surface area contributed by atoms with Gasteiger partial charge in [-0.3, -0.25) is 9.36 Å². The Morgan fingerprint density at radius 1 is 1.71 bits per heavy atom. The summed E-state index contributed by atoms with van der Waals surface area (Å²) in [6.07, 6.45) is 4.38. The minimum absolute atomic E-state index is 0.0764. The first-order valence-corrected chi connectivity index (χ1v) is 5.76. The van der Waals surface area contributed by atoms with Gasteiger partial charge in [0.05, 0.1) is 9.90 Å². The first kappa shape index (κ1) is 10.1. The molecule has 2 heterocycles. The standard InChI is InChI=1S/C9H12IN3O/c10-8-4-12-6-13(9(8)14)5-7-1-2-11-3-7/h4,6-7,11H,1-3,5H2. The van der Waals surface area contributed by atoms with Gasteiger partial charge < -0.3 is 5.32 Å². The number of nitrogens with zero attached hydrogens (tertiary/aromatic N) is 2. The van der Waals surface area contributed by atoms with E-state index in [0.717, 1.165) is 26.1 Å². The Kier molecular flexibility index (Phi) is 3.17. The number of rotatable bonds is 2. The van der Waals surface area contributed by atoms with E-state index in [1.54, 1.807) is 17.1 Å². The summed E-state index contributed by atoms with van der Waals surface area (Å²) in [5.74, 6) is 0.577. The SMILES string of the molecule is O=c1c(I)cncn1CC1CCNC1. The van der Waals surface area contributed by atoms with Crippen LogP contribution >= 0.6 is 22.6 Å². The van der Waals surface area contributed by atoms with Crippen molar-refractivity contribution in [3.63, 3.8) is 0 Å². The Morgan fingerprint density at radius 2 is 2.57 bits per heavy atom. The topological polar surface area (TPSA) is 46.9 Å². The van der Waals surface area contributed by atoms with Crippen molar-refractivity contribution in [2.75, 3.05) is 13.1 Å². The molecular weight excluding hydrogens is 293 g/mol. The van der Waals surface area contributed by atoms with Crippen LogP contribution in [0.5, 0.6) is 0 Å². The summed E-state index contributed by atoms with van der Waals surface area (Å²) in [6, 6.07) is 0. The fraction of sp³-hybridized carbons (Fsp3) is 0.556. The molecule has 0 spiro atoms. The quantitative estimate of drug-likeness (QED) is 0.808. The van der Waals surface area contributed by atoms with Gasteiger partial charge in [0.2, 0.25) is 0 Å². The highest BCUT2D eigenvalue weighted by Gasteiger charge is 2.15. The fourth-order valence-electron chi connectivity index (χ4n) is 1.70. The number of hydrogen-bond donors (Lipinski definition) is 1. The van der Waals surface area contributed by atoms with Crippen molar-refractivity contribution in [2.45, 2.75) is 13.0 Å². The van der Waals surface area contributed by atoms with Crippen molar-refractivity contribution >= 4 is 22.6 Å². The van der Waals surface area contributed by atoms with E-state index < -0.39 is 0 Å². The van der Waals surface area contributed by atoms with Crippen LogP contribution in [-0.4, -0.2) is 22.6 Å². The molecule has 0 bridgehead atoms. The van der Waals surface area contributed by atoms with E-state index in [4.69, 9.17) is 0 Å². The van der Waals surface area contributed by atoms with E-state index >= 15 is 0 Å². The van der Waals surface area contributed by atoms with Crippen molar-refractivity contribution < 1.29 is 0 Å². The van der Waals surface area contributed by atoms with Crippen LogP contribution in [0.15, 0.2) is 17.3 Å². The second kappa shape index (κ2) is 4.39. The van der Waals surface area contributed by atoms with Crippen LogP contribution < -0.4 is 10.9 Å². The molecule has 1 aliphatic rings. The highest BCUT2D eigenvalue weighted by molar-refractivity contribution is 14.1. The van der Waals surface area contributed by atoms with Crippen LogP contribution in [0.4, 0.5) is 0 Å². The van der Waals surface area contributed by atoms with Crippen molar-refractivity contribution in [2.24, 2.45) is 5.92 Å². The van der Waals surface area contributed by atoms with E-state index in [0.29, 0.717) is 9.49 Å². The Bertz CT molecular complexity index is 371. The van der Waals surface area contributed by atoms with Crippen molar-refractivity contribution in [3.8, 4) is 0 Å². The monoisotopic (exact) mass is 305 g/mol. The molecule has 0 aromatic carbocycles. The lowest BCUT2D eigenvalue weighted by Crippen LogP contribution is -2.26. The van der Waals surface area contributed by atoms with Crippen LogP contribution in [0.25, 0.3) is 0 Å². The van der Waals surface area contributed by atoms with Gasteiger partial charge in [0, 0.05) is 12.7 Å². The third kappa shape index (κ3) is 2.14. The lowest BCUT2D eigenvalue weighted by Gasteiger charge is -2.10. The maximum Gasteiger partial charge on any atom is 0.266 e. The second-order valence-corrected chi connectivity index (χ2v) is 4.72. The maximum absolute atomic E-state index is 11.7. The summed E-state index contributed by atoms with van der Waals surface area (Å²) >= 11 is 2.03. The minimum atomic E-state index is 0.0764. The molecule has 0 saturated carbocycles. The molecule has 1 N–H and O–H groups in total. The summed E-state index contributed by atoms with van der Waals surface area (Å²) in [7, 11) is 0. The van der Waals surface area contributed by atoms with Gasteiger partial charge >= 0.3 is 0 Å². The molecule has 1 unspecified atom stereocenters. The Morgan fingerprint density at radius 3 is 3.29 bits per heavy atom. The van der Waals surface area contributed by atoms with Crippen molar-refractivity contribution in [3.05, 3.63) is 26.4 Å². The second-order valence-electron chi connectivity index (χ2n) is 3.56. The molecule has 0 aliphatic carbocycles. The van der Waals surface area contributed by atoms with Crippen LogP contribution in [-0.2, 0) is 6.54 Å². The van der Waals surface area contributed by atoms with Gasteiger partial charge in [-0.2, -0.15) is 0 Å². The zero-order valence-corrected chi connectivity index (χ0v) is 9.90. The smallest absolute Gasteiger partial charge is 0.266 e. The van der Waals surface area contributed by atoms with Gasteiger partial charge in [-0.05, 0) is 48.0 Å². The van der Waals surface area contributed by atoms with Crippen molar-refractivity contribution in [1.82, 2.24) is 14.9 Å². The zero-order valence-electron chi connectivity index (χ0n) is 7.74. The zero-order chi connectivity index (χ0) is 9.97. The molecule has 1 saturated heterocycles. The van der Waals surface area contributed by atoms with Crippen LogP contribution in [0.1, 0.15) is 6.42 Å². The molecule has 1 aromatic rings. The molecule has 1 aliphatic heterocycles. The highest BCUT2D eigenvalue weighted by Crippen LogP contribution is 2.09. The Balaban J connectivity index is 2.16. The molecular formula is C9H12IN3O. The molecule has 2 rings (SSSR count). The van der Waals surface area contributed by atoms with Gasteiger partial charge in [-0.15, -0.1) is 0 Å². The number of halogens is 1. The largest absolute Gasteiger partial charge is 0.316 e. The third-order valence-corrected chi connectivity index (χ3v) is 3.22. The average Bonchev–Trinajstić information content (AvgIpc) is 2.66. The summed E-state index contributed by atoms with van der Waals surface area (Å²) in [6.45, 7) is 2.87. The van der Waals surface area contributed by atoms with Crippen molar-refractivity contribution in [1.29, 1.82) is 0 Å². The maximum atomic E-state index is 11.7. The van der Waals surface area contributed by atoms with Crippen LogP contribution in [0, 0.1) is 9.49 Å². The first-order chi connectivity index (χ1) is 6.77. The van der Waals surface area contributed by atoms with E-state index in [9.17, 15) is 4.79 Å². The Labute approximate surface area is 95.9 Å². The number of nitrogens with one attached hydrogen (secondary N) is 1. The molecule has 14 heavy (non-hydrogen) atoms. The van der Waals surface area contributed by atoms with Gasteiger partial charge in [0.1, 0.15) is 0 Å². The Hall–Kier alpha value is -0.430. The van der Waals surface area contributed by atoms with Crippen LogP contribution in [0.2, 0.25) is 0 Å². The summed E-state index contributed by atoms with van der Waals surface area (Å²) in [5, 5.41) is 3.29. The summed E-state index contributed by atoms with van der Waals surface area (Å²) in [4.78, 5) is 15.7. The molecule has 0 amide bonds. The summed E-state index contributed by atoms with van der Waals surface area (Å²) in [5.41, 5.74) is 0.0764. The predicted molar refractivity (Wildman–Crippen MR) is 62.2 cm³/mol. The normalized spacial score (nSPS) is 21.4. The first-order valence-electron chi connectivity index (χ1n) is 4.68. The highest BCUT2D eigenvalue weighted by atomic mass is 127. The molecule has 0 radical (unpaired) electrons. The lowest BCUT2D eigenvalue weighted by molar-refractivity contribution is 0.466. The van der Waals surface area contributed by atoms with Gasteiger partial charge in [-0.1, -0.05) is 0 Å². The minimum Gasteiger partial charge on any atom is -0.316 e. The average molecular weight is 305 g/mol. The number of hydrogen-bond acceptors (Lipinski definition) is 3. The third-order valence-electron chi connectivity index (χ3n) is 2.48. The molecule has 1 atom stereocenters. The van der Waals surface area contributed by atoms with E-state index in [1.807, 2.05) is 22.6 Å². The van der Waals surface area contributed by atoms with E-state index in [2.05, 4.69) is 10.3 Å². The van der Waals surface area contributed by atoms with Crippen LogP contribution in [0.3, 0.4) is 0 Å². The molecule has 76 valence electrons. The van der Waals surface area contributed by atoms with Gasteiger partial charge in [-0.25, -0.2) is 4.98 Å². The fourth-order valence-corrected chi connectivity index (χ4v) is 2.17. The van der Waals surface area contributed by atoms with Gasteiger partial charge in [0.15, 0.2) is 0 Å². The summed E-state index contributed by atoms with van der Waals surface area (Å²) < 4.78 is 2.40.